The molecule has 0 saturated carbocycles. The summed E-state index contributed by atoms with van der Waals surface area (Å²) in [5.41, 5.74) is 0. The summed E-state index contributed by atoms with van der Waals surface area (Å²) >= 11 is 11.7. The van der Waals surface area contributed by atoms with Gasteiger partial charge in [-0.3, -0.25) is 4.68 Å². The number of aromatic nitrogens is 2. The van der Waals surface area contributed by atoms with Crippen LogP contribution in [0.15, 0.2) is 11.2 Å². The van der Waals surface area contributed by atoms with E-state index in [9.17, 15) is 8.42 Å². The average molecular weight is 300 g/mol. The molecule has 1 atom stereocenters. The molecular weight excluding hydrogens is 285 g/mol. The van der Waals surface area contributed by atoms with Crippen molar-refractivity contribution in [3.63, 3.8) is 0 Å². The second-order valence-corrected chi connectivity index (χ2v) is 6.37. The van der Waals surface area contributed by atoms with Crippen LogP contribution in [-0.2, 0) is 17.1 Å². The lowest BCUT2D eigenvalue weighted by Gasteiger charge is -2.10. The van der Waals surface area contributed by atoms with Gasteiger partial charge in [0.05, 0.1) is 11.2 Å². The zero-order valence-corrected chi connectivity index (χ0v) is 12.0. The fourth-order valence-electron chi connectivity index (χ4n) is 1.39. The van der Waals surface area contributed by atoms with Crippen molar-refractivity contribution in [1.82, 2.24) is 14.5 Å². The number of aryl methyl sites for hydroxylation is 1. The molecule has 0 fully saturated rings. The number of halogens is 2. The quantitative estimate of drug-likeness (QED) is 0.814. The average Bonchev–Trinajstić information content (AvgIpc) is 2.57. The van der Waals surface area contributed by atoms with Gasteiger partial charge in [0.2, 0.25) is 0 Å². The first-order valence-electron chi connectivity index (χ1n) is 5.19. The second kappa shape index (κ2) is 6.04. The number of nitrogens with zero attached hydrogens (tertiary/aromatic N) is 2. The zero-order chi connectivity index (χ0) is 13.1. The summed E-state index contributed by atoms with van der Waals surface area (Å²) in [5, 5.41) is 3.61. The lowest BCUT2D eigenvalue weighted by atomic mass is 10.2. The molecule has 17 heavy (non-hydrogen) atoms. The van der Waals surface area contributed by atoms with Crippen molar-refractivity contribution in [1.29, 1.82) is 0 Å². The smallest absolute Gasteiger partial charge is 0.255 e. The topological polar surface area (TPSA) is 64.0 Å². The number of sulfonamides is 1. The predicted octanol–water partition coefficient (Wildman–Crippen LogP) is 1.76. The molecule has 0 aromatic carbocycles. The SMILES string of the molecule is CCCC(Cl)CNS(=O)(=O)c1c(Cl)cnn1C. The van der Waals surface area contributed by atoms with Crippen molar-refractivity contribution in [3.05, 3.63) is 11.2 Å². The van der Waals surface area contributed by atoms with E-state index in [1.165, 1.54) is 17.9 Å². The fourth-order valence-corrected chi connectivity index (χ4v) is 3.50. The van der Waals surface area contributed by atoms with Crippen molar-refractivity contribution < 1.29 is 8.42 Å². The maximum absolute atomic E-state index is 11.9. The summed E-state index contributed by atoms with van der Waals surface area (Å²) in [6, 6.07) is 0. The minimum atomic E-state index is -3.66. The molecule has 0 aliphatic carbocycles. The van der Waals surface area contributed by atoms with Crippen molar-refractivity contribution in [2.45, 2.75) is 30.2 Å². The number of nitrogens with one attached hydrogen (secondary N) is 1. The molecule has 0 aliphatic heterocycles. The van der Waals surface area contributed by atoms with Crippen LogP contribution < -0.4 is 4.72 Å². The van der Waals surface area contributed by atoms with E-state index >= 15 is 0 Å². The Balaban J connectivity index is 2.76. The molecule has 1 rings (SSSR count). The third-order valence-electron chi connectivity index (χ3n) is 2.19. The van der Waals surface area contributed by atoms with Gasteiger partial charge < -0.3 is 0 Å². The molecule has 1 N–H and O–H groups in total. The summed E-state index contributed by atoms with van der Waals surface area (Å²) in [6.07, 6.45) is 2.95. The van der Waals surface area contributed by atoms with Gasteiger partial charge in [-0.2, -0.15) is 5.10 Å². The standard InChI is InChI=1S/C9H15Cl2N3O2S/c1-3-4-7(10)5-13-17(15,16)9-8(11)6-12-14(9)2/h6-7,13H,3-5H2,1-2H3. The van der Waals surface area contributed by atoms with E-state index in [-0.39, 0.29) is 22.0 Å². The van der Waals surface area contributed by atoms with Gasteiger partial charge in [-0.05, 0) is 6.42 Å². The van der Waals surface area contributed by atoms with Crippen LogP contribution in [0.1, 0.15) is 19.8 Å². The van der Waals surface area contributed by atoms with Crippen molar-refractivity contribution in [2.75, 3.05) is 6.54 Å². The summed E-state index contributed by atoms with van der Waals surface area (Å²) in [7, 11) is -2.14. The molecular formula is C9H15Cl2N3O2S. The van der Waals surface area contributed by atoms with Gasteiger partial charge in [0.1, 0.15) is 0 Å². The highest BCUT2D eigenvalue weighted by Gasteiger charge is 2.23. The second-order valence-electron chi connectivity index (χ2n) is 3.66. The van der Waals surface area contributed by atoms with Gasteiger partial charge in [0, 0.05) is 19.0 Å². The van der Waals surface area contributed by atoms with E-state index in [0.29, 0.717) is 0 Å². The first-order chi connectivity index (χ1) is 7.88. The molecule has 1 heterocycles. The van der Waals surface area contributed by atoms with Crippen LogP contribution in [0.3, 0.4) is 0 Å². The molecule has 8 heteroatoms. The van der Waals surface area contributed by atoms with Gasteiger partial charge >= 0.3 is 0 Å². The van der Waals surface area contributed by atoms with E-state index in [1.54, 1.807) is 0 Å². The minimum Gasteiger partial charge on any atom is -0.255 e. The van der Waals surface area contributed by atoms with Crippen LogP contribution in [0, 0.1) is 0 Å². The Kier molecular flexibility index (Phi) is 5.24. The van der Waals surface area contributed by atoms with E-state index in [4.69, 9.17) is 23.2 Å². The highest BCUT2D eigenvalue weighted by atomic mass is 35.5. The molecule has 1 aromatic heterocycles. The largest absolute Gasteiger partial charge is 0.259 e. The number of hydrogen-bond donors (Lipinski definition) is 1. The van der Waals surface area contributed by atoms with Gasteiger partial charge in [0.15, 0.2) is 5.03 Å². The monoisotopic (exact) mass is 299 g/mol. The highest BCUT2D eigenvalue weighted by Crippen LogP contribution is 2.19. The molecule has 5 nitrogen and oxygen atoms in total. The lowest BCUT2D eigenvalue weighted by Crippen LogP contribution is -2.31. The van der Waals surface area contributed by atoms with Crippen molar-refractivity contribution >= 4 is 33.2 Å². The molecule has 0 radical (unpaired) electrons. The van der Waals surface area contributed by atoms with Crippen LogP contribution >= 0.6 is 23.2 Å². The van der Waals surface area contributed by atoms with Crippen LogP contribution in [-0.4, -0.2) is 30.1 Å². The van der Waals surface area contributed by atoms with Crippen LogP contribution in [0.25, 0.3) is 0 Å². The number of alkyl halides is 1. The molecule has 0 amide bonds. The van der Waals surface area contributed by atoms with Gasteiger partial charge in [0.25, 0.3) is 10.0 Å². The van der Waals surface area contributed by atoms with Crippen molar-refractivity contribution in [3.8, 4) is 0 Å². The Morgan fingerprint density at radius 1 is 1.59 bits per heavy atom. The summed E-state index contributed by atoms with van der Waals surface area (Å²) in [5.74, 6) is 0. The van der Waals surface area contributed by atoms with Gasteiger partial charge in [-0.1, -0.05) is 24.9 Å². The van der Waals surface area contributed by atoms with E-state index in [2.05, 4.69) is 9.82 Å². The molecule has 0 bridgehead atoms. The zero-order valence-electron chi connectivity index (χ0n) is 9.65. The normalized spacial score (nSPS) is 13.9. The van der Waals surface area contributed by atoms with E-state index in [0.717, 1.165) is 12.8 Å². The van der Waals surface area contributed by atoms with Crippen LogP contribution in [0.2, 0.25) is 5.02 Å². The Labute approximate surface area is 111 Å². The first kappa shape index (κ1) is 14.8. The lowest BCUT2D eigenvalue weighted by molar-refractivity contribution is 0.559. The molecule has 0 aliphatic rings. The van der Waals surface area contributed by atoms with Crippen molar-refractivity contribution in [2.24, 2.45) is 7.05 Å². The number of rotatable bonds is 6. The predicted molar refractivity (Wildman–Crippen MR) is 68.0 cm³/mol. The maximum Gasteiger partial charge on any atom is 0.259 e. The summed E-state index contributed by atoms with van der Waals surface area (Å²) in [4.78, 5) is 0. The van der Waals surface area contributed by atoms with E-state index < -0.39 is 10.0 Å². The molecule has 98 valence electrons. The van der Waals surface area contributed by atoms with Gasteiger partial charge in [-0.25, -0.2) is 13.1 Å². The highest BCUT2D eigenvalue weighted by molar-refractivity contribution is 7.89. The van der Waals surface area contributed by atoms with Gasteiger partial charge in [-0.15, -0.1) is 11.6 Å². The van der Waals surface area contributed by atoms with Crippen LogP contribution in [0.5, 0.6) is 0 Å². The molecule has 0 saturated heterocycles. The fraction of sp³-hybridized carbons (Fsp3) is 0.667. The third kappa shape index (κ3) is 3.84. The first-order valence-corrected chi connectivity index (χ1v) is 7.49. The van der Waals surface area contributed by atoms with Crippen LogP contribution in [0.4, 0.5) is 0 Å². The summed E-state index contributed by atoms with van der Waals surface area (Å²) < 4.78 is 27.5. The number of hydrogen-bond acceptors (Lipinski definition) is 3. The Morgan fingerprint density at radius 2 is 2.24 bits per heavy atom. The van der Waals surface area contributed by atoms with E-state index in [1.807, 2.05) is 6.92 Å². The molecule has 0 spiro atoms. The molecule has 1 aromatic rings. The maximum atomic E-state index is 11.9. The third-order valence-corrected chi connectivity index (χ3v) is 4.49. The Morgan fingerprint density at radius 3 is 2.71 bits per heavy atom. The Hall–Kier alpha value is -0.300. The summed E-state index contributed by atoms with van der Waals surface area (Å²) in [6.45, 7) is 2.17. The minimum absolute atomic E-state index is 0.0421. The Bertz CT molecular complexity index is 453. The molecule has 1 unspecified atom stereocenters.